The summed E-state index contributed by atoms with van der Waals surface area (Å²) in [6.45, 7) is 4.48. The minimum atomic E-state index is -0.448. The van der Waals surface area contributed by atoms with Crippen LogP contribution in [0.4, 0.5) is 11.5 Å². The second-order valence-electron chi connectivity index (χ2n) is 5.90. The summed E-state index contributed by atoms with van der Waals surface area (Å²) in [5.74, 6) is 0.237. The van der Waals surface area contributed by atoms with Gasteiger partial charge >= 0.3 is 5.69 Å². The van der Waals surface area contributed by atoms with Crippen molar-refractivity contribution in [3.63, 3.8) is 0 Å². The summed E-state index contributed by atoms with van der Waals surface area (Å²) in [6, 6.07) is 0.705. The molecule has 4 N–H and O–H groups in total. The third-order valence-corrected chi connectivity index (χ3v) is 4.74. The third-order valence-electron chi connectivity index (χ3n) is 4.74. The zero-order valence-electron chi connectivity index (χ0n) is 12.4. The third kappa shape index (κ3) is 2.46. The Balaban J connectivity index is 1.88. The summed E-state index contributed by atoms with van der Waals surface area (Å²) in [6.07, 6.45) is 4.66. The van der Waals surface area contributed by atoms with Crippen LogP contribution in [0.5, 0.6) is 0 Å². The van der Waals surface area contributed by atoms with Gasteiger partial charge in [0.05, 0.1) is 0 Å². The average Bonchev–Trinajstić information content (AvgIpc) is 2.87. The summed E-state index contributed by atoms with van der Waals surface area (Å²) in [5.41, 5.74) is 5.48. The van der Waals surface area contributed by atoms with Crippen molar-refractivity contribution in [2.75, 3.05) is 24.1 Å². The minimum Gasteiger partial charge on any atom is -0.383 e. The predicted octanol–water partition coefficient (Wildman–Crippen LogP) is 0.177. The summed E-state index contributed by atoms with van der Waals surface area (Å²) in [4.78, 5) is 28.6. The Morgan fingerprint density at radius 2 is 2.10 bits per heavy atom. The average molecular weight is 293 g/mol. The first-order chi connectivity index (χ1) is 10.1. The number of H-pyrrole nitrogens is 1. The molecule has 21 heavy (non-hydrogen) atoms. The van der Waals surface area contributed by atoms with Gasteiger partial charge in [-0.2, -0.15) is 0 Å². The van der Waals surface area contributed by atoms with Crippen molar-refractivity contribution in [3.05, 3.63) is 20.8 Å². The molecule has 3 heterocycles. The molecule has 0 aromatic carbocycles. The summed E-state index contributed by atoms with van der Waals surface area (Å²) in [5, 5.41) is 3.31. The van der Waals surface area contributed by atoms with Crippen LogP contribution >= 0.6 is 0 Å². The maximum Gasteiger partial charge on any atom is 0.330 e. The number of aromatic nitrogens is 2. The second-order valence-corrected chi connectivity index (χ2v) is 5.90. The van der Waals surface area contributed by atoms with Crippen molar-refractivity contribution in [3.8, 4) is 0 Å². The molecule has 2 saturated heterocycles. The molecule has 2 atom stereocenters. The maximum atomic E-state index is 12.1. The monoisotopic (exact) mass is 293 g/mol. The van der Waals surface area contributed by atoms with Crippen molar-refractivity contribution in [1.82, 2.24) is 14.5 Å². The van der Waals surface area contributed by atoms with Gasteiger partial charge in [-0.1, -0.05) is 6.42 Å². The van der Waals surface area contributed by atoms with Crippen LogP contribution in [0, 0.1) is 0 Å². The van der Waals surface area contributed by atoms with Gasteiger partial charge in [-0.15, -0.1) is 0 Å². The molecule has 116 valence electrons. The van der Waals surface area contributed by atoms with E-state index in [1.165, 1.54) is 17.4 Å². The molecule has 0 radical (unpaired) electrons. The van der Waals surface area contributed by atoms with Crippen LogP contribution in [0.15, 0.2) is 9.59 Å². The molecule has 1 aromatic rings. The highest BCUT2D eigenvalue weighted by atomic mass is 16.2. The lowest BCUT2D eigenvalue weighted by atomic mass is 9.99. The zero-order chi connectivity index (χ0) is 15.0. The predicted molar refractivity (Wildman–Crippen MR) is 82.6 cm³/mol. The fourth-order valence-electron chi connectivity index (χ4n) is 3.64. The Hall–Kier alpha value is -1.76. The molecule has 2 aliphatic heterocycles. The minimum absolute atomic E-state index is 0.233. The fraction of sp³-hybridized carbons (Fsp3) is 0.714. The van der Waals surface area contributed by atoms with Crippen molar-refractivity contribution < 1.29 is 0 Å². The molecule has 0 aliphatic carbocycles. The van der Waals surface area contributed by atoms with Gasteiger partial charge in [0.1, 0.15) is 11.5 Å². The molecule has 2 fully saturated rings. The molecule has 0 spiro atoms. The lowest BCUT2D eigenvalue weighted by molar-refractivity contribution is 0.192. The standard InChI is InChI=1S/C14H23N5O2/c1-2-19-12(15)11(13(20)17-14(19)21)16-9-6-8-18-7-4-3-5-10(9)18/h9-10,16H,2-8,15H2,1H3,(H,17,20,21). The summed E-state index contributed by atoms with van der Waals surface area (Å²) < 4.78 is 1.39. The first-order valence-electron chi connectivity index (χ1n) is 7.75. The van der Waals surface area contributed by atoms with Crippen LogP contribution in [0.3, 0.4) is 0 Å². The van der Waals surface area contributed by atoms with Gasteiger partial charge in [0, 0.05) is 25.2 Å². The Morgan fingerprint density at radius 3 is 2.86 bits per heavy atom. The Morgan fingerprint density at radius 1 is 1.29 bits per heavy atom. The topological polar surface area (TPSA) is 96.2 Å². The molecule has 2 unspecified atom stereocenters. The van der Waals surface area contributed by atoms with E-state index in [-0.39, 0.29) is 11.9 Å². The lowest BCUT2D eigenvalue weighted by Gasteiger charge is -2.33. The van der Waals surface area contributed by atoms with E-state index in [0.717, 1.165) is 25.9 Å². The van der Waals surface area contributed by atoms with Crippen molar-refractivity contribution in [1.29, 1.82) is 0 Å². The smallest absolute Gasteiger partial charge is 0.330 e. The van der Waals surface area contributed by atoms with Crippen LogP contribution in [0.2, 0.25) is 0 Å². The maximum absolute atomic E-state index is 12.1. The molecular weight excluding hydrogens is 270 g/mol. The first kappa shape index (κ1) is 14.2. The number of hydrogen-bond acceptors (Lipinski definition) is 5. The van der Waals surface area contributed by atoms with Gasteiger partial charge in [-0.05, 0) is 32.7 Å². The van der Waals surface area contributed by atoms with Gasteiger partial charge < -0.3 is 11.1 Å². The van der Waals surface area contributed by atoms with Crippen molar-refractivity contribution in [2.45, 2.75) is 51.2 Å². The van der Waals surface area contributed by atoms with Gasteiger partial charge in [-0.25, -0.2) is 4.79 Å². The number of nitrogens with two attached hydrogens (primary N) is 1. The number of nitrogen functional groups attached to an aromatic ring is 1. The van der Waals surface area contributed by atoms with E-state index in [2.05, 4.69) is 15.2 Å². The number of rotatable bonds is 3. The lowest BCUT2D eigenvalue weighted by Crippen LogP contribution is -2.43. The number of nitrogens with zero attached hydrogens (tertiary/aromatic N) is 2. The highest BCUT2D eigenvalue weighted by Crippen LogP contribution is 2.29. The molecule has 0 saturated carbocycles. The van der Waals surface area contributed by atoms with Crippen LogP contribution in [-0.2, 0) is 6.54 Å². The van der Waals surface area contributed by atoms with Gasteiger partial charge in [0.15, 0.2) is 0 Å². The van der Waals surface area contributed by atoms with E-state index in [9.17, 15) is 9.59 Å². The number of piperidine rings is 1. The van der Waals surface area contributed by atoms with Crippen LogP contribution in [0.25, 0.3) is 0 Å². The quantitative estimate of drug-likeness (QED) is 0.738. The largest absolute Gasteiger partial charge is 0.383 e. The van der Waals surface area contributed by atoms with Crippen LogP contribution in [-0.4, -0.2) is 39.6 Å². The highest BCUT2D eigenvalue weighted by molar-refractivity contribution is 5.61. The van der Waals surface area contributed by atoms with Crippen molar-refractivity contribution >= 4 is 11.5 Å². The Labute approximate surface area is 123 Å². The number of anilines is 2. The van der Waals surface area contributed by atoms with E-state index in [0.29, 0.717) is 18.3 Å². The van der Waals surface area contributed by atoms with E-state index < -0.39 is 11.2 Å². The van der Waals surface area contributed by atoms with Crippen molar-refractivity contribution in [2.24, 2.45) is 0 Å². The van der Waals surface area contributed by atoms with Gasteiger partial charge in [-0.3, -0.25) is 19.2 Å². The molecule has 7 nitrogen and oxygen atoms in total. The van der Waals surface area contributed by atoms with E-state index in [1.54, 1.807) is 0 Å². The molecule has 3 rings (SSSR count). The number of hydrogen-bond donors (Lipinski definition) is 3. The molecule has 7 heteroatoms. The first-order valence-corrected chi connectivity index (χ1v) is 7.75. The van der Waals surface area contributed by atoms with Crippen LogP contribution < -0.4 is 22.3 Å². The Kier molecular flexibility index (Phi) is 3.75. The second kappa shape index (κ2) is 5.55. The van der Waals surface area contributed by atoms with E-state index in [1.807, 2.05) is 6.92 Å². The number of fused-ring (bicyclic) bond motifs is 1. The van der Waals surface area contributed by atoms with Crippen LogP contribution in [0.1, 0.15) is 32.6 Å². The normalized spacial score (nSPS) is 25.8. The molecule has 1 aromatic heterocycles. The van der Waals surface area contributed by atoms with E-state index >= 15 is 0 Å². The highest BCUT2D eigenvalue weighted by Gasteiger charge is 2.36. The van der Waals surface area contributed by atoms with Gasteiger partial charge in [0.25, 0.3) is 5.56 Å². The van der Waals surface area contributed by atoms with E-state index in [4.69, 9.17) is 5.73 Å². The SMILES string of the molecule is CCn1c(N)c(NC2CCN3CCCCC23)c(=O)[nH]c1=O. The van der Waals surface area contributed by atoms with Gasteiger partial charge in [0.2, 0.25) is 0 Å². The number of nitrogens with one attached hydrogen (secondary N) is 2. The Bertz CT molecular complexity index is 635. The molecule has 2 aliphatic rings. The molecular formula is C14H23N5O2. The summed E-state index contributed by atoms with van der Waals surface area (Å²) >= 11 is 0. The number of aromatic amines is 1. The zero-order valence-corrected chi connectivity index (χ0v) is 12.4. The summed E-state index contributed by atoms with van der Waals surface area (Å²) in [7, 11) is 0. The fourth-order valence-corrected chi connectivity index (χ4v) is 3.64. The molecule has 0 amide bonds. The molecule has 0 bridgehead atoms.